The van der Waals surface area contributed by atoms with E-state index in [2.05, 4.69) is 64.7 Å². The summed E-state index contributed by atoms with van der Waals surface area (Å²) in [6, 6.07) is 3.20. The molecule has 0 aliphatic heterocycles. The van der Waals surface area contributed by atoms with Crippen LogP contribution >= 0.6 is 0 Å². The Bertz CT molecular complexity index is 669. The zero-order chi connectivity index (χ0) is 20.0. The largest absolute Gasteiger partial charge is 0.425 e. The number of rotatable bonds is 6. The van der Waals surface area contributed by atoms with E-state index in [9.17, 15) is 0 Å². The summed E-state index contributed by atoms with van der Waals surface area (Å²) in [4.78, 5) is 0. The van der Waals surface area contributed by atoms with Crippen molar-refractivity contribution in [3.8, 4) is 0 Å². The summed E-state index contributed by atoms with van der Waals surface area (Å²) in [5.74, 6) is 1.48. The Labute approximate surface area is 190 Å². The van der Waals surface area contributed by atoms with E-state index in [1.165, 1.54) is 17.0 Å². The van der Waals surface area contributed by atoms with Crippen LogP contribution in [0.3, 0.4) is 0 Å². The minimum absolute atomic E-state index is 0. The molecule has 0 bridgehead atoms. The van der Waals surface area contributed by atoms with Gasteiger partial charge in [0.25, 0.3) is 0 Å². The van der Waals surface area contributed by atoms with E-state index in [1.54, 1.807) is 0 Å². The first-order valence-corrected chi connectivity index (χ1v) is 9.74. The maximum Gasteiger partial charge on any atom is 0.0687 e. The fourth-order valence-electron chi connectivity index (χ4n) is 2.92. The Hall–Kier alpha value is -0.516. The molecule has 2 heterocycles. The standard InChI is InChI=1S/C13H24N2O.C8H13N2.Y/c1-6-10(4)12-11(5)15(7-8-16)14-13(12)9(2)3;1-6(2)8-5-7(3)10(4)9-8;/h9-10,16H,6-8H2,1-5H3;6H,1-4H3;/q;-1;. The van der Waals surface area contributed by atoms with Gasteiger partial charge in [0.1, 0.15) is 0 Å². The van der Waals surface area contributed by atoms with Crippen molar-refractivity contribution in [3.63, 3.8) is 0 Å². The minimum Gasteiger partial charge on any atom is -0.425 e. The van der Waals surface area contributed by atoms with Crippen molar-refractivity contribution in [2.75, 3.05) is 6.61 Å². The first kappa shape index (κ1) is 26.5. The molecule has 1 radical (unpaired) electrons. The number of hydrogen-bond acceptors (Lipinski definition) is 3. The molecule has 0 saturated carbocycles. The SMILES string of the molecule is CCC(C)c1c(C(C)C)nn(CCO)c1C.Cc1[c-]c(C(C)C)nn1C.[Y]. The van der Waals surface area contributed by atoms with Crippen LogP contribution in [-0.4, -0.2) is 31.3 Å². The minimum atomic E-state index is 0. The number of hydrogen-bond donors (Lipinski definition) is 1. The van der Waals surface area contributed by atoms with Gasteiger partial charge < -0.3 is 15.9 Å². The van der Waals surface area contributed by atoms with Crippen molar-refractivity contribution in [1.82, 2.24) is 19.6 Å². The van der Waals surface area contributed by atoms with Crippen molar-refractivity contribution in [2.24, 2.45) is 7.05 Å². The molecule has 151 valence electrons. The molecule has 0 amide bonds. The third-order valence-electron chi connectivity index (χ3n) is 4.84. The van der Waals surface area contributed by atoms with Gasteiger partial charge in [-0.25, -0.2) is 5.10 Å². The average Bonchev–Trinajstić information content (AvgIpc) is 3.09. The maximum atomic E-state index is 9.02. The Morgan fingerprint density at radius 3 is 1.96 bits per heavy atom. The van der Waals surface area contributed by atoms with Crippen molar-refractivity contribution < 1.29 is 37.8 Å². The van der Waals surface area contributed by atoms with E-state index in [0.29, 0.717) is 24.3 Å². The molecule has 0 aliphatic rings. The number of aliphatic hydroxyl groups is 1. The predicted octanol–water partition coefficient (Wildman–Crippen LogP) is 4.47. The van der Waals surface area contributed by atoms with Gasteiger partial charge in [-0.05, 0) is 36.7 Å². The van der Waals surface area contributed by atoms with Crippen LogP contribution in [-0.2, 0) is 46.3 Å². The van der Waals surface area contributed by atoms with E-state index in [-0.39, 0.29) is 39.3 Å². The molecule has 1 N–H and O–H groups in total. The van der Waals surface area contributed by atoms with Gasteiger partial charge in [0, 0.05) is 45.5 Å². The van der Waals surface area contributed by atoms with Gasteiger partial charge in [0.15, 0.2) is 0 Å². The van der Waals surface area contributed by atoms with E-state index < -0.39 is 0 Å². The normalized spacial score (nSPS) is 12.0. The zero-order valence-electron chi connectivity index (χ0n) is 18.7. The molecule has 2 rings (SSSR count). The van der Waals surface area contributed by atoms with Gasteiger partial charge in [-0.1, -0.05) is 48.5 Å². The van der Waals surface area contributed by atoms with Crippen LogP contribution in [0.25, 0.3) is 0 Å². The van der Waals surface area contributed by atoms with Crippen molar-refractivity contribution in [1.29, 1.82) is 0 Å². The van der Waals surface area contributed by atoms with E-state index >= 15 is 0 Å². The smallest absolute Gasteiger partial charge is 0.0687 e. The summed E-state index contributed by atoms with van der Waals surface area (Å²) in [5.41, 5.74) is 5.95. The Morgan fingerprint density at radius 2 is 1.63 bits per heavy atom. The Kier molecular flexibility index (Phi) is 11.9. The second-order valence-corrected chi connectivity index (χ2v) is 7.67. The Morgan fingerprint density at radius 1 is 1.04 bits per heavy atom. The number of aromatic nitrogens is 4. The second-order valence-electron chi connectivity index (χ2n) is 7.67. The van der Waals surface area contributed by atoms with E-state index in [4.69, 9.17) is 5.11 Å². The predicted molar refractivity (Wildman–Crippen MR) is 108 cm³/mol. The van der Waals surface area contributed by atoms with Gasteiger partial charge in [-0.3, -0.25) is 4.68 Å². The molecule has 27 heavy (non-hydrogen) atoms. The van der Waals surface area contributed by atoms with Crippen LogP contribution in [0.1, 0.15) is 94.1 Å². The molecular formula is C21H37N4OY-. The zero-order valence-corrected chi connectivity index (χ0v) is 21.5. The maximum absolute atomic E-state index is 9.02. The molecule has 2 aromatic heterocycles. The molecule has 5 nitrogen and oxygen atoms in total. The fraction of sp³-hybridized carbons (Fsp3) is 0.714. The number of aliphatic hydroxyl groups excluding tert-OH is 1. The molecule has 2 aromatic rings. The van der Waals surface area contributed by atoms with E-state index in [1.807, 2.05) is 23.3 Å². The van der Waals surface area contributed by atoms with Crippen LogP contribution in [0.15, 0.2) is 0 Å². The van der Waals surface area contributed by atoms with Gasteiger partial charge in [-0.15, -0.1) is 11.4 Å². The first-order chi connectivity index (χ1) is 12.1. The molecule has 0 saturated heterocycles. The number of aryl methyl sites for hydroxylation is 2. The summed E-state index contributed by atoms with van der Waals surface area (Å²) in [5, 5.41) is 17.9. The first-order valence-electron chi connectivity index (χ1n) is 9.74. The summed E-state index contributed by atoms with van der Waals surface area (Å²) < 4.78 is 3.80. The average molecular weight is 450 g/mol. The van der Waals surface area contributed by atoms with Crippen molar-refractivity contribution >= 4 is 0 Å². The molecular weight excluding hydrogens is 413 g/mol. The van der Waals surface area contributed by atoms with E-state index in [0.717, 1.165) is 17.8 Å². The molecule has 1 unspecified atom stereocenters. The van der Waals surface area contributed by atoms with Gasteiger partial charge >= 0.3 is 0 Å². The molecule has 0 spiro atoms. The summed E-state index contributed by atoms with van der Waals surface area (Å²) >= 11 is 0. The molecule has 0 aliphatic carbocycles. The monoisotopic (exact) mass is 450 g/mol. The van der Waals surface area contributed by atoms with Crippen LogP contribution < -0.4 is 0 Å². The summed E-state index contributed by atoms with van der Waals surface area (Å²) in [7, 11) is 1.94. The topological polar surface area (TPSA) is 55.9 Å². The summed E-state index contributed by atoms with van der Waals surface area (Å²) in [6.45, 7) is 17.9. The van der Waals surface area contributed by atoms with Crippen molar-refractivity contribution in [3.05, 3.63) is 34.4 Å². The fourth-order valence-corrected chi connectivity index (χ4v) is 2.92. The summed E-state index contributed by atoms with van der Waals surface area (Å²) in [6.07, 6.45) is 1.13. The molecule has 1 atom stereocenters. The molecule has 6 heteroatoms. The van der Waals surface area contributed by atoms with Crippen LogP contribution in [0.4, 0.5) is 0 Å². The third-order valence-corrected chi connectivity index (χ3v) is 4.84. The molecule has 0 aromatic carbocycles. The van der Waals surface area contributed by atoms with Crippen LogP contribution in [0, 0.1) is 19.9 Å². The molecule has 0 fully saturated rings. The van der Waals surface area contributed by atoms with Gasteiger partial charge in [0.2, 0.25) is 0 Å². The van der Waals surface area contributed by atoms with Gasteiger partial charge in [-0.2, -0.15) is 5.10 Å². The number of nitrogens with zero attached hydrogens (tertiary/aromatic N) is 4. The third kappa shape index (κ3) is 7.10. The van der Waals surface area contributed by atoms with Crippen LogP contribution in [0.5, 0.6) is 0 Å². The quantitative estimate of drug-likeness (QED) is 0.661. The second kappa shape index (κ2) is 12.1. The van der Waals surface area contributed by atoms with Gasteiger partial charge in [0.05, 0.1) is 18.8 Å². The van der Waals surface area contributed by atoms with Crippen molar-refractivity contribution in [2.45, 2.75) is 86.1 Å². The Balaban J connectivity index is 0.000000531. The van der Waals surface area contributed by atoms with Crippen LogP contribution in [0.2, 0.25) is 0 Å².